The van der Waals surface area contributed by atoms with Crippen LogP contribution in [0.25, 0.3) is 0 Å². The van der Waals surface area contributed by atoms with Crippen LogP contribution in [0.2, 0.25) is 0 Å². The summed E-state index contributed by atoms with van der Waals surface area (Å²) in [5.41, 5.74) is 12.0. The van der Waals surface area contributed by atoms with Gasteiger partial charge in [0, 0.05) is 5.54 Å². The molecule has 0 saturated carbocycles. The lowest BCUT2D eigenvalue weighted by molar-refractivity contribution is 0.0995. The molecule has 4 nitrogen and oxygen atoms in total. The van der Waals surface area contributed by atoms with Crippen LogP contribution < -0.4 is 16.2 Å². The van der Waals surface area contributed by atoms with Crippen molar-refractivity contribution in [2.75, 3.05) is 6.61 Å². The fraction of sp³-hybridized carbons (Fsp3) is 0.417. The maximum absolute atomic E-state index is 11.2. The standard InChI is InChI=1S/C12H18N2O2/c1-8-4-5-9(11(13)15)10(6-8)16-7-12(2,3)14/h4-6H,7,14H2,1-3H3,(H2,13,15). The molecule has 0 aliphatic carbocycles. The molecule has 4 N–H and O–H groups in total. The van der Waals surface area contributed by atoms with Crippen LogP contribution in [0.3, 0.4) is 0 Å². The Balaban J connectivity index is 2.93. The highest BCUT2D eigenvalue weighted by Crippen LogP contribution is 2.20. The van der Waals surface area contributed by atoms with Crippen molar-refractivity contribution in [3.63, 3.8) is 0 Å². The number of hydrogen-bond donors (Lipinski definition) is 2. The maximum atomic E-state index is 11.2. The molecule has 0 radical (unpaired) electrons. The minimum atomic E-state index is -0.496. The van der Waals surface area contributed by atoms with Crippen molar-refractivity contribution in [1.82, 2.24) is 0 Å². The van der Waals surface area contributed by atoms with Gasteiger partial charge in [0.05, 0.1) is 5.56 Å². The Bertz CT molecular complexity index is 394. The highest BCUT2D eigenvalue weighted by atomic mass is 16.5. The monoisotopic (exact) mass is 222 g/mol. The van der Waals surface area contributed by atoms with Gasteiger partial charge in [0.25, 0.3) is 5.91 Å². The summed E-state index contributed by atoms with van der Waals surface area (Å²) in [4.78, 5) is 11.2. The Morgan fingerprint density at radius 2 is 2.06 bits per heavy atom. The lowest BCUT2D eigenvalue weighted by Crippen LogP contribution is -2.39. The van der Waals surface area contributed by atoms with Gasteiger partial charge in [-0.25, -0.2) is 0 Å². The smallest absolute Gasteiger partial charge is 0.252 e. The molecule has 0 saturated heterocycles. The van der Waals surface area contributed by atoms with E-state index < -0.39 is 11.4 Å². The molecule has 1 rings (SSSR count). The van der Waals surface area contributed by atoms with E-state index in [0.29, 0.717) is 17.9 Å². The Labute approximate surface area is 95.6 Å². The number of benzene rings is 1. The van der Waals surface area contributed by atoms with Gasteiger partial charge in [-0.3, -0.25) is 4.79 Å². The van der Waals surface area contributed by atoms with Crippen molar-refractivity contribution in [3.8, 4) is 5.75 Å². The first kappa shape index (κ1) is 12.5. The van der Waals surface area contributed by atoms with Gasteiger partial charge in [0.2, 0.25) is 0 Å². The minimum Gasteiger partial charge on any atom is -0.491 e. The first-order chi connectivity index (χ1) is 7.29. The van der Waals surface area contributed by atoms with Gasteiger partial charge in [-0.2, -0.15) is 0 Å². The predicted molar refractivity (Wildman–Crippen MR) is 63.5 cm³/mol. The molecule has 0 atom stereocenters. The van der Waals surface area contributed by atoms with Crippen LogP contribution in [-0.2, 0) is 0 Å². The van der Waals surface area contributed by atoms with Crippen LogP contribution in [0.4, 0.5) is 0 Å². The molecule has 0 spiro atoms. The quantitative estimate of drug-likeness (QED) is 0.803. The Kier molecular flexibility index (Phi) is 3.55. The van der Waals surface area contributed by atoms with E-state index in [2.05, 4.69) is 0 Å². The van der Waals surface area contributed by atoms with E-state index >= 15 is 0 Å². The number of primary amides is 1. The van der Waals surface area contributed by atoms with Crippen LogP contribution >= 0.6 is 0 Å². The van der Waals surface area contributed by atoms with Gasteiger partial charge in [-0.05, 0) is 38.5 Å². The summed E-state index contributed by atoms with van der Waals surface area (Å²) in [5.74, 6) is -0.00384. The molecule has 0 heterocycles. The average molecular weight is 222 g/mol. The Morgan fingerprint density at radius 1 is 1.44 bits per heavy atom. The molecule has 1 aromatic rings. The molecule has 0 fully saturated rings. The van der Waals surface area contributed by atoms with Gasteiger partial charge in [0.1, 0.15) is 12.4 Å². The molecule has 16 heavy (non-hydrogen) atoms. The zero-order chi connectivity index (χ0) is 12.3. The second-order valence-corrected chi connectivity index (χ2v) is 4.64. The zero-order valence-electron chi connectivity index (χ0n) is 9.91. The van der Waals surface area contributed by atoms with E-state index in [0.717, 1.165) is 5.56 Å². The van der Waals surface area contributed by atoms with Crippen molar-refractivity contribution >= 4 is 5.91 Å². The number of ether oxygens (including phenoxy) is 1. The van der Waals surface area contributed by atoms with Crippen molar-refractivity contribution in [3.05, 3.63) is 29.3 Å². The van der Waals surface area contributed by atoms with E-state index in [9.17, 15) is 4.79 Å². The molecule has 4 heteroatoms. The van der Waals surface area contributed by atoms with Crippen molar-refractivity contribution in [2.24, 2.45) is 11.5 Å². The van der Waals surface area contributed by atoms with Crippen LogP contribution in [0.5, 0.6) is 5.75 Å². The number of nitrogens with two attached hydrogens (primary N) is 2. The lowest BCUT2D eigenvalue weighted by Gasteiger charge is -2.20. The van der Waals surface area contributed by atoms with Gasteiger partial charge >= 0.3 is 0 Å². The second-order valence-electron chi connectivity index (χ2n) is 4.64. The number of rotatable bonds is 4. The van der Waals surface area contributed by atoms with Gasteiger partial charge in [-0.15, -0.1) is 0 Å². The minimum absolute atomic E-state index is 0.330. The first-order valence-electron chi connectivity index (χ1n) is 5.12. The van der Waals surface area contributed by atoms with Crippen LogP contribution in [-0.4, -0.2) is 18.1 Å². The molecule has 0 bridgehead atoms. The summed E-state index contributed by atoms with van der Waals surface area (Å²) in [6.07, 6.45) is 0. The molecule has 0 aliphatic heterocycles. The second kappa shape index (κ2) is 4.53. The van der Waals surface area contributed by atoms with E-state index in [1.807, 2.05) is 26.8 Å². The number of aryl methyl sites for hydroxylation is 1. The molecule has 0 unspecified atom stereocenters. The van der Waals surface area contributed by atoms with Gasteiger partial charge < -0.3 is 16.2 Å². The van der Waals surface area contributed by atoms with Crippen molar-refractivity contribution in [1.29, 1.82) is 0 Å². The van der Waals surface area contributed by atoms with Gasteiger partial charge in [0.15, 0.2) is 0 Å². The third kappa shape index (κ3) is 3.55. The molecule has 1 aromatic carbocycles. The highest BCUT2D eigenvalue weighted by molar-refractivity contribution is 5.95. The van der Waals surface area contributed by atoms with Crippen molar-refractivity contribution in [2.45, 2.75) is 26.3 Å². The largest absolute Gasteiger partial charge is 0.491 e. The summed E-state index contributed by atoms with van der Waals surface area (Å²) in [6, 6.07) is 5.27. The summed E-state index contributed by atoms with van der Waals surface area (Å²) in [7, 11) is 0. The zero-order valence-corrected chi connectivity index (χ0v) is 9.91. The summed E-state index contributed by atoms with van der Waals surface area (Å²) in [5, 5.41) is 0. The topological polar surface area (TPSA) is 78.3 Å². The van der Waals surface area contributed by atoms with Crippen LogP contribution in [0.1, 0.15) is 29.8 Å². The SMILES string of the molecule is Cc1ccc(C(N)=O)c(OCC(C)(C)N)c1. The Morgan fingerprint density at radius 3 is 2.56 bits per heavy atom. The normalized spacial score (nSPS) is 11.2. The third-order valence-electron chi connectivity index (χ3n) is 2.00. The number of hydrogen-bond acceptors (Lipinski definition) is 3. The molecular weight excluding hydrogens is 204 g/mol. The molecule has 1 amide bonds. The number of carbonyl (C=O) groups is 1. The summed E-state index contributed by atoms with van der Waals surface area (Å²) >= 11 is 0. The van der Waals surface area contributed by atoms with Crippen LogP contribution in [0.15, 0.2) is 18.2 Å². The predicted octanol–water partition coefficient (Wildman–Crippen LogP) is 1.21. The molecule has 0 aromatic heterocycles. The van der Waals surface area contributed by atoms with E-state index in [4.69, 9.17) is 16.2 Å². The fourth-order valence-electron chi connectivity index (χ4n) is 1.22. The van der Waals surface area contributed by atoms with Crippen LogP contribution in [0, 0.1) is 6.92 Å². The van der Waals surface area contributed by atoms with E-state index in [1.165, 1.54) is 0 Å². The maximum Gasteiger partial charge on any atom is 0.252 e. The highest BCUT2D eigenvalue weighted by Gasteiger charge is 2.15. The van der Waals surface area contributed by atoms with E-state index in [-0.39, 0.29) is 0 Å². The Hall–Kier alpha value is -1.55. The first-order valence-corrected chi connectivity index (χ1v) is 5.12. The van der Waals surface area contributed by atoms with Crippen molar-refractivity contribution < 1.29 is 9.53 Å². The lowest BCUT2D eigenvalue weighted by atomic mass is 10.1. The summed E-state index contributed by atoms with van der Waals surface area (Å²) < 4.78 is 5.52. The molecular formula is C12H18N2O2. The number of carbonyl (C=O) groups excluding carboxylic acids is 1. The van der Waals surface area contributed by atoms with E-state index in [1.54, 1.807) is 12.1 Å². The fourth-order valence-corrected chi connectivity index (χ4v) is 1.22. The number of amides is 1. The molecule has 88 valence electrons. The summed E-state index contributed by atoms with van der Waals surface area (Å²) in [6.45, 7) is 5.96. The van der Waals surface area contributed by atoms with Gasteiger partial charge in [-0.1, -0.05) is 6.07 Å². The molecule has 0 aliphatic rings. The third-order valence-corrected chi connectivity index (χ3v) is 2.00. The average Bonchev–Trinajstić information content (AvgIpc) is 2.13.